The van der Waals surface area contributed by atoms with E-state index in [-0.39, 0.29) is 16.4 Å². The van der Waals surface area contributed by atoms with Gasteiger partial charge in [0, 0.05) is 11.1 Å². The Hall–Kier alpha value is -3.59. The van der Waals surface area contributed by atoms with Gasteiger partial charge in [0.15, 0.2) is 0 Å². The van der Waals surface area contributed by atoms with Gasteiger partial charge in [-0.15, -0.1) is 0 Å². The molecule has 10 heteroatoms. The van der Waals surface area contributed by atoms with Gasteiger partial charge in [-0.25, -0.2) is 9.07 Å². The largest absolute Gasteiger partial charge is 0.497 e. The van der Waals surface area contributed by atoms with Crippen molar-refractivity contribution in [3.63, 3.8) is 0 Å². The van der Waals surface area contributed by atoms with Crippen LogP contribution in [0.3, 0.4) is 0 Å². The Morgan fingerprint density at radius 3 is 2.63 bits per heavy atom. The van der Waals surface area contributed by atoms with Gasteiger partial charge in [0.05, 0.1) is 19.6 Å². The van der Waals surface area contributed by atoms with Gasteiger partial charge >= 0.3 is 5.97 Å². The molecular formula is C20H17ClFN3O5. The molecule has 0 aliphatic rings. The molecule has 3 N–H and O–H groups in total. The molecule has 0 bridgehead atoms. The molecule has 0 saturated carbocycles. The predicted molar refractivity (Wildman–Crippen MR) is 107 cm³/mol. The number of carbonyl (C=O) groups excluding carboxylic acids is 1. The van der Waals surface area contributed by atoms with Gasteiger partial charge in [-0.3, -0.25) is 19.5 Å². The smallest absolute Gasteiger partial charge is 0.305 e. The summed E-state index contributed by atoms with van der Waals surface area (Å²) < 4.78 is 19.9. The van der Waals surface area contributed by atoms with Crippen LogP contribution in [0.15, 0.2) is 53.3 Å². The summed E-state index contributed by atoms with van der Waals surface area (Å²) in [5.41, 5.74) is -0.503. The van der Waals surface area contributed by atoms with E-state index in [9.17, 15) is 23.9 Å². The number of aromatic amines is 1. The van der Waals surface area contributed by atoms with Crippen molar-refractivity contribution in [1.29, 1.82) is 0 Å². The van der Waals surface area contributed by atoms with Crippen LogP contribution in [-0.4, -0.2) is 33.9 Å². The lowest BCUT2D eigenvalue weighted by atomic mass is 10.0. The fourth-order valence-corrected chi connectivity index (χ4v) is 3.19. The van der Waals surface area contributed by atoms with Gasteiger partial charge in [0.25, 0.3) is 11.5 Å². The number of methoxy groups -OCH3 is 1. The minimum absolute atomic E-state index is 0.0539. The topological polar surface area (TPSA) is 113 Å². The molecule has 3 rings (SSSR count). The highest BCUT2D eigenvalue weighted by Crippen LogP contribution is 2.29. The van der Waals surface area contributed by atoms with Crippen LogP contribution in [0.1, 0.15) is 28.5 Å². The number of benzene rings is 2. The Morgan fingerprint density at radius 1 is 1.27 bits per heavy atom. The third kappa shape index (κ3) is 4.52. The lowest BCUT2D eigenvalue weighted by molar-refractivity contribution is -0.137. The maximum Gasteiger partial charge on any atom is 0.305 e. The quantitative estimate of drug-likeness (QED) is 0.530. The number of hydrogen-bond acceptors (Lipinski definition) is 4. The number of aromatic nitrogens is 2. The molecule has 0 saturated heterocycles. The highest BCUT2D eigenvalue weighted by Gasteiger charge is 2.23. The molecular weight excluding hydrogens is 417 g/mol. The van der Waals surface area contributed by atoms with Gasteiger partial charge < -0.3 is 15.2 Å². The van der Waals surface area contributed by atoms with E-state index in [0.717, 1.165) is 10.7 Å². The predicted octanol–water partition coefficient (Wildman–Crippen LogP) is 2.91. The summed E-state index contributed by atoms with van der Waals surface area (Å²) in [4.78, 5) is 36.2. The number of nitrogens with one attached hydrogen (secondary N) is 2. The molecule has 8 nitrogen and oxygen atoms in total. The minimum Gasteiger partial charge on any atom is -0.497 e. The number of para-hydroxylation sites is 1. The molecule has 3 aromatic rings. The molecule has 0 spiro atoms. The van der Waals surface area contributed by atoms with Gasteiger partial charge in [0.1, 0.15) is 22.9 Å². The summed E-state index contributed by atoms with van der Waals surface area (Å²) >= 11 is 6.21. The zero-order chi connectivity index (χ0) is 21.8. The van der Waals surface area contributed by atoms with Crippen LogP contribution in [-0.2, 0) is 4.79 Å². The van der Waals surface area contributed by atoms with Crippen molar-refractivity contribution >= 4 is 23.5 Å². The summed E-state index contributed by atoms with van der Waals surface area (Å²) in [5.74, 6) is -2.09. The number of ether oxygens (including phenoxy) is 1. The number of aliphatic carboxylic acids is 1. The van der Waals surface area contributed by atoms with Crippen molar-refractivity contribution in [3.05, 3.63) is 81.0 Å². The monoisotopic (exact) mass is 433 g/mol. The fourth-order valence-electron chi connectivity index (χ4n) is 2.89. The second kappa shape index (κ2) is 8.83. The summed E-state index contributed by atoms with van der Waals surface area (Å²) in [5, 5.41) is 14.5. The van der Waals surface area contributed by atoms with Gasteiger partial charge in [0.2, 0.25) is 0 Å². The number of amides is 1. The third-order valence-corrected chi connectivity index (χ3v) is 4.65. The molecule has 1 aromatic heterocycles. The molecule has 1 unspecified atom stereocenters. The van der Waals surface area contributed by atoms with Crippen LogP contribution < -0.4 is 15.6 Å². The van der Waals surface area contributed by atoms with E-state index in [1.54, 1.807) is 18.2 Å². The summed E-state index contributed by atoms with van der Waals surface area (Å²) in [6.45, 7) is 0. The lowest BCUT2D eigenvalue weighted by Gasteiger charge is -2.19. The second-order valence-electron chi connectivity index (χ2n) is 6.31. The Balaban J connectivity index is 1.90. The molecule has 0 radical (unpaired) electrons. The number of carbonyl (C=O) groups is 2. The Labute approximate surface area is 174 Å². The standard InChI is InChI=1S/C20H17ClFN3O5/c1-30-11-6-7-12(13(21)8-11)15(10-19(27)28)23-20(29)16-9-18(26)25(24-16)17-5-3-2-4-14(17)22/h2-9,15,24H,10H2,1H3,(H,23,29)(H,27,28). The Bertz CT molecular complexity index is 1160. The summed E-state index contributed by atoms with van der Waals surface area (Å²) in [7, 11) is 1.46. The van der Waals surface area contributed by atoms with Gasteiger partial charge in [-0.2, -0.15) is 0 Å². The maximum atomic E-state index is 14.0. The first-order chi connectivity index (χ1) is 14.3. The van der Waals surface area contributed by atoms with Crippen LogP contribution in [0.5, 0.6) is 5.75 Å². The molecule has 30 heavy (non-hydrogen) atoms. The van der Waals surface area contributed by atoms with Crippen LogP contribution in [0.25, 0.3) is 5.69 Å². The van der Waals surface area contributed by atoms with E-state index >= 15 is 0 Å². The van der Waals surface area contributed by atoms with Crippen LogP contribution in [0.4, 0.5) is 4.39 Å². The van der Waals surface area contributed by atoms with E-state index in [4.69, 9.17) is 16.3 Å². The van der Waals surface area contributed by atoms with E-state index in [1.165, 1.54) is 31.4 Å². The van der Waals surface area contributed by atoms with Crippen molar-refractivity contribution in [2.45, 2.75) is 12.5 Å². The number of rotatable bonds is 7. The van der Waals surface area contributed by atoms with Crippen LogP contribution >= 0.6 is 11.6 Å². The van der Waals surface area contributed by atoms with Crippen LogP contribution in [0.2, 0.25) is 5.02 Å². The zero-order valence-electron chi connectivity index (χ0n) is 15.7. The number of carboxylic acid groups (broad SMARTS) is 1. The Morgan fingerprint density at radius 2 is 2.00 bits per heavy atom. The zero-order valence-corrected chi connectivity index (χ0v) is 16.4. The first-order valence-electron chi connectivity index (χ1n) is 8.73. The number of nitrogens with zero attached hydrogens (tertiary/aromatic N) is 1. The van der Waals surface area contributed by atoms with Crippen molar-refractivity contribution in [1.82, 2.24) is 15.1 Å². The Kier molecular flexibility index (Phi) is 6.22. The van der Waals surface area contributed by atoms with Crippen LogP contribution in [0, 0.1) is 5.82 Å². The molecule has 0 aliphatic heterocycles. The molecule has 0 aliphatic carbocycles. The normalized spacial score (nSPS) is 11.7. The highest BCUT2D eigenvalue weighted by molar-refractivity contribution is 6.31. The third-order valence-electron chi connectivity index (χ3n) is 4.33. The molecule has 1 heterocycles. The number of halogens is 2. The average molecular weight is 434 g/mol. The van der Waals surface area contributed by atoms with Gasteiger partial charge in [-0.1, -0.05) is 29.8 Å². The van der Waals surface area contributed by atoms with Crippen molar-refractivity contribution < 1.29 is 23.8 Å². The maximum absolute atomic E-state index is 14.0. The number of hydrogen-bond donors (Lipinski definition) is 3. The molecule has 1 atom stereocenters. The highest BCUT2D eigenvalue weighted by atomic mass is 35.5. The van der Waals surface area contributed by atoms with Crippen molar-refractivity contribution in [3.8, 4) is 11.4 Å². The molecule has 0 fully saturated rings. The molecule has 1 amide bonds. The van der Waals surface area contributed by atoms with Gasteiger partial charge in [-0.05, 0) is 29.8 Å². The summed E-state index contributed by atoms with van der Waals surface area (Å²) in [6.07, 6.45) is -0.448. The number of H-pyrrole nitrogens is 1. The SMILES string of the molecule is COc1ccc(C(CC(=O)O)NC(=O)c2cc(=O)n(-c3ccccc3F)[nH]2)c(Cl)c1. The first-order valence-corrected chi connectivity index (χ1v) is 9.11. The van der Waals surface area contributed by atoms with E-state index in [2.05, 4.69) is 10.4 Å². The van der Waals surface area contributed by atoms with E-state index in [1.807, 2.05) is 0 Å². The first kappa shape index (κ1) is 21.1. The van der Waals surface area contributed by atoms with E-state index < -0.39 is 35.7 Å². The number of carboxylic acids is 1. The van der Waals surface area contributed by atoms with E-state index in [0.29, 0.717) is 11.3 Å². The second-order valence-corrected chi connectivity index (χ2v) is 6.71. The fraction of sp³-hybridized carbons (Fsp3) is 0.150. The minimum atomic E-state index is -1.16. The summed E-state index contributed by atoms with van der Waals surface area (Å²) in [6, 6.07) is 10.2. The van der Waals surface area contributed by atoms with Crippen molar-refractivity contribution in [2.24, 2.45) is 0 Å². The lowest BCUT2D eigenvalue weighted by Crippen LogP contribution is -2.30. The average Bonchev–Trinajstić information content (AvgIpc) is 3.09. The van der Waals surface area contributed by atoms with Crippen molar-refractivity contribution in [2.75, 3.05) is 7.11 Å². The molecule has 2 aromatic carbocycles. The molecule has 156 valence electrons.